The molecule has 0 spiro atoms. The van der Waals surface area contributed by atoms with Crippen molar-refractivity contribution in [2.75, 3.05) is 6.61 Å². The lowest BCUT2D eigenvalue weighted by Crippen LogP contribution is -2.36. The summed E-state index contributed by atoms with van der Waals surface area (Å²) in [4.78, 5) is 11.5. The Bertz CT molecular complexity index is 473. The highest BCUT2D eigenvalue weighted by molar-refractivity contribution is 6.33. The molecular weight excluding hydrogens is 307 g/mol. The summed E-state index contributed by atoms with van der Waals surface area (Å²) in [6.45, 7) is -0.546. The van der Waals surface area contributed by atoms with Gasteiger partial charge in [-0.15, -0.1) is 0 Å². The maximum Gasteiger partial charge on any atom is 0.453 e. The van der Waals surface area contributed by atoms with E-state index in [0.717, 1.165) is 0 Å². The van der Waals surface area contributed by atoms with E-state index in [-0.39, 0.29) is 10.6 Å². The summed E-state index contributed by atoms with van der Waals surface area (Å²) >= 11 is 5.69. The largest absolute Gasteiger partial charge is 0.462 e. The van der Waals surface area contributed by atoms with E-state index in [1.807, 2.05) is 0 Å². The van der Waals surface area contributed by atoms with Crippen LogP contribution in [0.25, 0.3) is 0 Å². The fourth-order valence-corrected chi connectivity index (χ4v) is 1.52. The van der Waals surface area contributed by atoms with Crippen LogP contribution in [0.1, 0.15) is 23.2 Å². The number of alkyl halides is 5. The van der Waals surface area contributed by atoms with E-state index >= 15 is 0 Å². The van der Waals surface area contributed by atoms with Crippen molar-refractivity contribution < 1.29 is 31.5 Å². The van der Waals surface area contributed by atoms with E-state index in [0.29, 0.717) is 0 Å². The molecular formula is C12H10ClF5O2. The fraction of sp³-hybridized carbons (Fsp3) is 0.417. The Morgan fingerprint density at radius 3 is 2.30 bits per heavy atom. The van der Waals surface area contributed by atoms with Crippen LogP contribution in [0.3, 0.4) is 0 Å². The molecule has 0 amide bonds. The molecule has 0 bridgehead atoms. The van der Waals surface area contributed by atoms with Crippen molar-refractivity contribution in [1.82, 2.24) is 0 Å². The zero-order valence-corrected chi connectivity index (χ0v) is 10.8. The van der Waals surface area contributed by atoms with E-state index in [9.17, 15) is 26.7 Å². The molecule has 0 fully saturated rings. The molecule has 0 heterocycles. The molecule has 1 rings (SSSR count). The summed E-state index contributed by atoms with van der Waals surface area (Å²) < 4.78 is 65.3. The molecule has 1 aromatic rings. The highest BCUT2D eigenvalue weighted by Gasteiger charge is 2.56. The van der Waals surface area contributed by atoms with Gasteiger partial charge in [-0.3, -0.25) is 0 Å². The van der Waals surface area contributed by atoms with Gasteiger partial charge in [-0.25, -0.2) is 4.79 Å². The van der Waals surface area contributed by atoms with Crippen LogP contribution in [-0.4, -0.2) is 24.7 Å². The first-order valence-electron chi connectivity index (χ1n) is 5.51. The van der Waals surface area contributed by atoms with Gasteiger partial charge in [0.05, 0.1) is 17.2 Å². The van der Waals surface area contributed by atoms with Crippen molar-refractivity contribution in [1.29, 1.82) is 0 Å². The molecule has 2 nitrogen and oxygen atoms in total. The van der Waals surface area contributed by atoms with Crippen molar-refractivity contribution in [2.45, 2.75) is 24.9 Å². The summed E-state index contributed by atoms with van der Waals surface area (Å²) in [7, 11) is 0. The molecule has 0 aliphatic rings. The lowest BCUT2D eigenvalue weighted by Gasteiger charge is -2.19. The van der Waals surface area contributed by atoms with Crippen LogP contribution in [0.5, 0.6) is 0 Å². The van der Waals surface area contributed by atoms with Crippen LogP contribution in [0.2, 0.25) is 5.02 Å². The van der Waals surface area contributed by atoms with Gasteiger partial charge in [0.25, 0.3) is 0 Å². The number of benzene rings is 1. The standard InChI is InChI=1S/C12H10ClF5O2/c13-9-5-2-1-4-8(9)10(19)20-7-3-6-11(14,15)12(16,17)18/h1-2,4-5H,3,6-7H2. The first-order chi connectivity index (χ1) is 9.15. The van der Waals surface area contributed by atoms with Crippen LogP contribution in [-0.2, 0) is 4.74 Å². The number of carbonyl (C=O) groups excluding carboxylic acids is 1. The third-order valence-corrected chi connectivity index (χ3v) is 2.71. The quantitative estimate of drug-likeness (QED) is 0.455. The van der Waals surface area contributed by atoms with Gasteiger partial charge in [-0.1, -0.05) is 23.7 Å². The molecule has 0 radical (unpaired) electrons. The Kier molecular flexibility index (Phi) is 5.33. The van der Waals surface area contributed by atoms with Crippen molar-refractivity contribution in [3.63, 3.8) is 0 Å². The van der Waals surface area contributed by atoms with E-state index in [2.05, 4.69) is 4.74 Å². The molecule has 20 heavy (non-hydrogen) atoms. The van der Waals surface area contributed by atoms with Gasteiger partial charge in [0.15, 0.2) is 0 Å². The highest BCUT2D eigenvalue weighted by Crippen LogP contribution is 2.38. The van der Waals surface area contributed by atoms with Gasteiger partial charge >= 0.3 is 18.1 Å². The number of carbonyl (C=O) groups is 1. The molecule has 0 N–H and O–H groups in total. The van der Waals surface area contributed by atoms with Gasteiger partial charge in [0.1, 0.15) is 0 Å². The van der Waals surface area contributed by atoms with Crippen LogP contribution < -0.4 is 0 Å². The summed E-state index contributed by atoms with van der Waals surface area (Å²) in [5, 5.41) is 0.109. The first kappa shape index (κ1) is 16.7. The molecule has 0 aliphatic heterocycles. The smallest absolute Gasteiger partial charge is 0.453 e. The Hall–Kier alpha value is -1.37. The summed E-state index contributed by atoms with van der Waals surface area (Å²) in [5.41, 5.74) is 0.0248. The van der Waals surface area contributed by atoms with E-state index in [1.54, 1.807) is 6.07 Å². The minimum absolute atomic E-state index is 0.0248. The number of halogens is 6. The second kappa shape index (κ2) is 6.39. The first-order valence-corrected chi connectivity index (χ1v) is 5.89. The number of rotatable bonds is 5. The minimum atomic E-state index is -5.60. The Labute approximate surface area is 116 Å². The molecule has 0 atom stereocenters. The number of esters is 1. The molecule has 0 saturated carbocycles. The molecule has 8 heteroatoms. The van der Waals surface area contributed by atoms with Gasteiger partial charge in [0.2, 0.25) is 0 Å². The monoisotopic (exact) mass is 316 g/mol. The second-order valence-corrected chi connectivity index (χ2v) is 4.33. The van der Waals surface area contributed by atoms with Crippen molar-refractivity contribution >= 4 is 17.6 Å². The van der Waals surface area contributed by atoms with Gasteiger partial charge in [0, 0.05) is 6.42 Å². The van der Waals surface area contributed by atoms with Gasteiger partial charge < -0.3 is 4.74 Å². The molecule has 0 aliphatic carbocycles. The number of ether oxygens (including phenoxy) is 1. The van der Waals surface area contributed by atoms with Gasteiger partial charge in [-0.2, -0.15) is 22.0 Å². The zero-order valence-electron chi connectivity index (χ0n) is 10.0. The lowest BCUT2D eigenvalue weighted by atomic mass is 10.2. The Morgan fingerprint density at radius 1 is 1.15 bits per heavy atom. The molecule has 0 saturated heterocycles. The van der Waals surface area contributed by atoms with Crippen LogP contribution in [0.4, 0.5) is 22.0 Å². The average Bonchev–Trinajstić information content (AvgIpc) is 2.33. The third kappa shape index (κ3) is 4.33. The lowest BCUT2D eigenvalue weighted by molar-refractivity contribution is -0.284. The van der Waals surface area contributed by atoms with Gasteiger partial charge in [-0.05, 0) is 18.6 Å². The predicted molar refractivity (Wildman–Crippen MR) is 62.0 cm³/mol. The maximum atomic E-state index is 12.6. The van der Waals surface area contributed by atoms with Crippen molar-refractivity contribution in [3.05, 3.63) is 34.9 Å². The Morgan fingerprint density at radius 2 is 1.75 bits per heavy atom. The van der Waals surface area contributed by atoms with Crippen LogP contribution >= 0.6 is 11.6 Å². The summed E-state index contributed by atoms with van der Waals surface area (Å²) in [6.07, 6.45) is -7.64. The maximum absolute atomic E-state index is 12.6. The van der Waals surface area contributed by atoms with E-state index in [1.165, 1.54) is 18.2 Å². The molecule has 1 aromatic carbocycles. The third-order valence-electron chi connectivity index (χ3n) is 2.38. The Balaban J connectivity index is 2.43. The number of hydrogen-bond acceptors (Lipinski definition) is 2. The SMILES string of the molecule is O=C(OCCCC(F)(F)C(F)(F)F)c1ccccc1Cl. The minimum Gasteiger partial charge on any atom is -0.462 e. The van der Waals surface area contributed by atoms with Crippen LogP contribution in [0.15, 0.2) is 24.3 Å². The van der Waals surface area contributed by atoms with Crippen molar-refractivity contribution in [2.24, 2.45) is 0 Å². The summed E-state index contributed by atoms with van der Waals surface area (Å²) in [6, 6.07) is 5.87. The highest BCUT2D eigenvalue weighted by atomic mass is 35.5. The van der Waals surface area contributed by atoms with E-state index < -0.39 is 37.5 Å². The normalized spacial score (nSPS) is 12.3. The molecule has 112 valence electrons. The molecule has 0 aromatic heterocycles. The zero-order chi connectivity index (χ0) is 15.4. The van der Waals surface area contributed by atoms with Crippen LogP contribution in [0, 0.1) is 0 Å². The molecule has 0 unspecified atom stereocenters. The predicted octanol–water partition coefficient (Wildman–Crippen LogP) is 4.47. The second-order valence-electron chi connectivity index (χ2n) is 3.92. The summed E-state index contributed by atoms with van der Waals surface area (Å²) in [5.74, 6) is -5.66. The van der Waals surface area contributed by atoms with Crippen molar-refractivity contribution in [3.8, 4) is 0 Å². The van der Waals surface area contributed by atoms with E-state index in [4.69, 9.17) is 11.6 Å². The topological polar surface area (TPSA) is 26.3 Å². The average molecular weight is 317 g/mol. The fourth-order valence-electron chi connectivity index (χ4n) is 1.31. The number of hydrogen-bond donors (Lipinski definition) is 0.